The molecule has 1 heterocycles. The Bertz CT molecular complexity index is 384. The summed E-state index contributed by atoms with van der Waals surface area (Å²) < 4.78 is 37.7. The molecule has 14 heavy (non-hydrogen) atoms. The largest absolute Gasteiger partial charge is 0.325 e. The molecule has 0 fully saturated rings. The Hall–Kier alpha value is -1.61. The van der Waals surface area contributed by atoms with Gasteiger partial charge in [-0.2, -0.15) is 5.26 Å². The average Bonchev–Trinajstić information content (AvgIpc) is 2.17. The standard InChI is InChI=1S/C8H6F3N3/c9-7-4(1-12)5(8(10)11)3-14-6(7)2-13/h3,8H,2,13H2. The minimum Gasteiger partial charge on any atom is -0.325 e. The lowest BCUT2D eigenvalue weighted by Gasteiger charge is -2.05. The van der Waals surface area contributed by atoms with Crippen LogP contribution >= 0.6 is 0 Å². The van der Waals surface area contributed by atoms with Gasteiger partial charge in [0.25, 0.3) is 6.43 Å². The smallest absolute Gasteiger partial charge is 0.266 e. The molecule has 6 heteroatoms. The van der Waals surface area contributed by atoms with Gasteiger partial charge in [0.1, 0.15) is 11.6 Å². The van der Waals surface area contributed by atoms with Crippen molar-refractivity contribution in [2.45, 2.75) is 13.0 Å². The molecule has 3 nitrogen and oxygen atoms in total. The summed E-state index contributed by atoms with van der Waals surface area (Å²) in [5.74, 6) is -1.06. The van der Waals surface area contributed by atoms with Crippen LogP contribution in [0.3, 0.4) is 0 Å². The maximum absolute atomic E-state index is 13.2. The van der Waals surface area contributed by atoms with E-state index in [4.69, 9.17) is 11.0 Å². The number of nitrogens with zero attached hydrogens (tertiary/aromatic N) is 2. The Balaban J connectivity index is 3.38. The van der Waals surface area contributed by atoms with Gasteiger partial charge in [0.2, 0.25) is 0 Å². The summed E-state index contributed by atoms with van der Waals surface area (Å²) in [7, 11) is 0. The molecule has 0 amide bonds. The van der Waals surface area contributed by atoms with Crippen LogP contribution in [0.5, 0.6) is 0 Å². The topological polar surface area (TPSA) is 62.7 Å². The minimum absolute atomic E-state index is 0.189. The maximum atomic E-state index is 13.2. The van der Waals surface area contributed by atoms with Crippen LogP contribution in [0.15, 0.2) is 6.20 Å². The van der Waals surface area contributed by atoms with E-state index >= 15 is 0 Å². The van der Waals surface area contributed by atoms with Crippen molar-refractivity contribution in [3.63, 3.8) is 0 Å². The van der Waals surface area contributed by atoms with Gasteiger partial charge in [-0.25, -0.2) is 13.2 Å². The van der Waals surface area contributed by atoms with E-state index in [9.17, 15) is 13.2 Å². The molecule has 0 saturated heterocycles. The highest BCUT2D eigenvalue weighted by molar-refractivity contribution is 5.39. The number of nitriles is 1. The van der Waals surface area contributed by atoms with Crippen molar-refractivity contribution < 1.29 is 13.2 Å². The zero-order chi connectivity index (χ0) is 10.7. The van der Waals surface area contributed by atoms with Crippen LogP contribution in [-0.2, 0) is 6.54 Å². The van der Waals surface area contributed by atoms with E-state index in [0.29, 0.717) is 0 Å². The summed E-state index contributed by atoms with van der Waals surface area (Å²) in [6.45, 7) is -0.232. The molecule has 0 saturated carbocycles. The molecule has 0 aromatic carbocycles. The van der Waals surface area contributed by atoms with Crippen molar-refractivity contribution >= 4 is 0 Å². The third kappa shape index (κ3) is 1.67. The molecular weight excluding hydrogens is 195 g/mol. The molecule has 0 bridgehead atoms. The second-order valence-corrected chi connectivity index (χ2v) is 2.47. The molecule has 1 aromatic heterocycles. The van der Waals surface area contributed by atoms with E-state index in [1.54, 1.807) is 0 Å². The van der Waals surface area contributed by atoms with Gasteiger partial charge in [-0.15, -0.1) is 0 Å². The fourth-order valence-corrected chi connectivity index (χ4v) is 0.961. The van der Waals surface area contributed by atoms with Crippen molar-refractivity contribution in [2.75, 3.05) is 0 Å². The van der Waals surface area contributed by atoms with Gasteiger partial charge in [-0.1, -0.05) is 0 Å². The Labute approximate surface area is 78.0 Å². The maximum Gasteiger partial charge on any atom is 0.266 e. The molecule has 0 radical (unpaired) electrons. The van der Waals surface area contributed by atoms with Gasteiger partial charge < -0.3 is 5.73 Å². The lowest BCUT2D eigenvalue weighted by molar-refractivity contribution is 0.150. The van der Waals surface area contributed by atoms with Crippen LogP contribution in [0.4, 0.5) is 13.2 Å². The van der Waals surface area contributed by atoms with Gasteiger partial charge in [0.15, 0.2) is 5.82 Å². The van der Waals surface area contributed by atoms with Crippen LogP contribution in [0.25, 0.3) is 0 Å². The lowest BCUT2D eigenvalue weighted by Crippen LogP contribution is -2.07. The lowest BCUT2D eigenvalue weighted by atomic mass is 10.1. The highest BCUT2D eigenvalue weighted by Crippen LogP contribution is 2.24. The Morgan fingerprint density at radius 3 is 2.64 bits per heavy atom. The molecule has 0 spiro atoms. The van der Waals surface area contributed by atoms with Crippen LogP contribution in [-0.4, -0.2) is 4.98 Å². The first-order chi connectivity index (χ1) is 6.61. The summed E-state index contributed by atoms with van der Waals surface area (Å²) in [5.41, 5.74) is 3.52. The first-order valence-electron chi connectivity index (χ1n) is 3.67. The number of hydrogen-bond donors (Lipinski definition) is 1. The predicted octanol–water partition coefficient (Wildman–Crippen LogP) is 1.49. The molecular formula is C8H6F3N3. The van der Waals surface area contributed by atoms with E-state index in [-0.39, 0.29) is 12.2 Å². The Morgan fingerprint density at radius 2 is 2.21 bits per heavy atom. The van der Waals surface area contributed by atoms with Gasteiger partial charge in [0.05, 0.1) is 11.3 Å². The average molecular weight is 201 g/mol. The van der Waals surface area contributed by atoms with E-state index in [1.165, 1.54) is 6.07 Å². The number of halogens is 3. The summed E-state index contributed by atoms with van der Waals surface area (Å²) >= 11 is 0. The Morgan fingerprint density at radius 1 is 1.57 bits per heavy atom. The molecule has 1 aromatic rings. The molecule has 1 rings (SSSR count). The van der Waals surface area contributed by atoms with Crippen molar-refractivity contribution in [1.29, 1.82) is 5.26 Å². The van der Waals surface area contributed by atoms with E-state index in [2.05, 4.69) is 4.98 Å². The summed E-state index contributed by atoms with van der Waals surface area (Å²) in [6, 6.07) is 1.37. The van der Waals surface area contributed by atoms with Crippen molar-refractivity contribution in [3.05, 3.63) is 28.8 Å². The summed E-state index contributed by atoms with van der Waals surface area (Å²) in [6.07, 6.45) is -2.15. The number of nitrogens with two attached hydrogens (primary N) is 1. The molecule has 0 atom stereocenters. The molecule has 0 aliphatic rings. The third-order valence-corrected chi connectivity index (χ3v) is 1.66. The Kier molecular flexibility index (Phi) is 3.04. The minimum atomic E-state index is -2.92. The molecule has 0 unspecified atom stereocenters. The number of alkyl halides is 2. The van der Waals surface area contributed by atoms with E-state index < -0.39 is 23.4 Å². The first-order valence-corrected chi connectivity index (χ1v) is 3.67. The molecule has 74 valence electrons. The number of hydrogen-bond acceptors (Lipinski definition) is 3. The predicted molar refractivity (Wildman–Crippen MR) is 41.8 cm³/mol. The first kappa shape index (κ1) is 10.5. The van der Waals surface area contributed by atoms with Crippen LogP contribution in [0.1, 0.15) is 23.2 Å². The third-order valence-electron chi connectivity index (χ3n) is 1.66. The zero-order valence-corrected chi connectivity index (χ0v) is 6.97. The molecule has 0 aliphatic carbocycles. The monoisotopic (exact) mass is 201 g/mol. The van der Waals surface area contributed by atoms with Gasteiger partial charge in [-0.3, -0.25) is 4.98 Å². The fraction of sp³-hybridized carbons (Fsp3) is 0.250. The quantitative estimate of drug-likeness (QED) is 0.788. The molecule has 0 aliphatic heterocycles. The van der Waals surface area contributed by atoms with Gasteiger partial charge in [0, 0.05) is 12.7 Å². The number of rotatable bonds is 2. The SMILES string of the molecule is N#Cc1c(C(F)F)cnc(CN)c1F. The van der Waals surface area contributed by atoms with E-state index in [0.717, 1.165) is 6.20 Å². The number of aromatic nitrogens is 1. The van der Waals surface area contributed by atoms with Crippen molar-refractivity contribution in [2.24, 2.45) is 5.73 Å². The fourth-order valence-electron chi connectivity index (χ4n) is 0.961. The van der Waals surface area contributed by atoms with Crippen LogP contribution < -0.4 is 5.73 Å². The second-order valence-electron chi connectivity index (χ2n) is 2.47. The van der Waals surface area contributed by atoms with Gasteiger partial charge >= 0.3 is 0 Å². The highest BCUT2D eigenvalue weighted by atomic mass is 19.3. The summed E-state index contributed by atoms with van der Waals surface area (Å²) in [5, 5.41) is 8.48. The van der Waals surface area contributed by atoms with Crippen molar-refractivity contribution in [1.82, 2.24) is 4.98 Å². The van der Waals surface area contributed by atoms with Gasteiger partial charge in [-0.05, 0) is 0 Å². The van der Waals surface area contributed by atoms with E-state index in [1.807, 2.05) is 0 Å². The van der Waals surface area contributed by atoms with Crippen LogP contribution in [0.2, 0.25) is 0 Å². The van der Waals surface area contributed by atoms with Crippen molar-refractivity contribution in [3.8, 4) is 6.07 Å². The van der Waals surface area contributed by atoms with Crippen LogP contribution in [0, 0.1) is 17.1 Å². The summed E-state index contributed by atoms with van der Waals surface area (Å²) in [4.78, 5) is 3.40. The molecule has 2 N–H and O–H groups in total. The number of pyridine rings is 1. The second kappa shape index (κ2) is 4.07. The normalized spacial score (nSPS) is 10.3. The zero-order valence-electron chi connectivity index (χ0n) is 6.97. The highest BCUT2D eigenvalue weighted by Gasteiger charge is 2.19.